The third kappa shape index (κ3) is 4.72. The number of rotatable bonds is 6. The first-order valence-electron chi connectivity index (χ1n) is 7.72. The molecule has 0 bridgehead atoms. The SMILES string of the molecule is O=C(CSc1nnc(COc2ccccc2)o1)N1CCCCC1. The lowest BCUT2D eigenvalue weighted by atomic mass is 10.1. The molecule has 0 N–H and O–H groups in total. The van der Waals surface area contributed by atoms with Crippen molar-refractivity contribution in [3.8, 4) is 5.75 Å². The van der Waals surface area contributed by atoms with Crippen molar-refractivity contribution in [2.75, 3.05) is 18.8 Å². The Hall–Kier alpha value is -2.02. The van der Waals surface area contributed by atoms with E-state index in [-0.39, 0.29) is 12.5 Å². The number of carbonyl (C=O) groups excluding carboxylic acids is 1. The summed E-state index contributed by atoms with van der Waals surface area (Å²) in [5.74, 6) is 1.62. The maximum atomic E-state index is 12.1. The van der Waals surface area contributed by atoms with Gasteiger partial charge < -0.3 is 14.1 Å². The van der Waals surface area contributed by atoms with Crippen molar-refractivity contribution in [1.82, 2.24) is 15.1 Å². The fourth-order valence-corrected chi connectivity index (χ4v) is 3.06. The van der Waals surface area contributed by atoms with Gasteiger partial charge in [0.25, 0.3) is 11.1 Å². The van der Waals surface area contributed by atoms with Crippen LogP contribution >= 0.6 is 11.8 Å². The Morgan fingerprint density at radius 2 is 1.96 bits per heavy atom. The monoisotopic (exact) mass is 333 g/mol. The molecular formula is C16H19N3O3S. The number of hydrogen-bond donors (Lipinski definition) is 0. The van der Waals surface area contributed by atoms with Crippen LogP contribution in [0.15, 0.2) is 40.0 Å². The third-order valence-corrected chi connectivity index (χ3v) is 4.38. The van der Waals surface area contributed by atoms with E-state index >= 15 is 0 Å². The zero-order valence-electron chi connectivity index (χ0n) is 12.8. The summed E-state index contributed by atoms with van der Waals surface area (Å²) in [6.07, 6.45) is 3.40. The highest BCUT2D eigenvalue weighted by Gasteiger charge is 2.18. The summed E-state index contributed by atoms with van der Waals surface area (Å²) in [5.41, 5.74) is 0. The van der Waals surface area contributed by atoms with Gasteiger partial charge in [0.2, 0.25) is 5.91 Å². The van der Waals surface area contributed by atoms with Crippen molar-refractivity contribution in [3.63, 3.8) is 0 Å². The van der Waals surface area contributed by atoms with Crippen molar-refractivity contribution >= 4 is 17.7 Å². The average Bonchev–Trinajstić information content (AvgIpc) is 3.07. The molecule has 6 nitrogen and oxygen atoms in total. The Balaban J connectivity index is 1.44. The topological polar surface area (TPSA) is 68.5 Å². The zero-order valence-corrected chi connectivity index (χ0v) is 13.6. The largest absolute Gasteiger partial charge is 0.484 e. The Labute approximate surface area is 139 Å². The molecule has 1 aromatic heterocycles. The summed E-state index contributed by atoms with van der Waals surface area (Å²) >= 11 is 1.28. The normalized spacial score (nSPS) is 14.7. The number of thioether (sulfide) groups is 1. The maximum absolute atomic E-state index is 12.1. The second-order valence-electron chi connectivity index (χ2n) is 5.29. The quantitative estimate of drug-likeness (QED) is 0.757. The molecule has 7 heteroatoms. The number of amides is 1. The van der Waals surface area contributed by atoms with Gasteiger partial charge in [-0.15, -0.1) is 10.2 Å². The van der Waals surface area contributed by atoms with Crippen LogP contribution in [0, 0.1) is 0 Å². The van der Waals surface area contributed by atoms with Crippen LogP contribution in [0.25, 0.3) is 0 Å². The van der Waals surface area contributed by atoms with Crippen molar-refractivity contribution in [2.45, 2.75) is 31.1 Å². The predicted octanol–water partition coefficient (Wildman–Crippen LogP) is 2.75. The lowest BCUT2D eigenvalue weighted by Gasteiger charge is -2.26. The molecule has 1 saturated heterocycles. The molecule has 0 aliphatic carbocycles. The van der Waals surface area contributed by atoms with Crippen LogP contribution in [0.1, 0.15) is 25.2 Å². The van der Waals surface area contributed by atoms with Crippen LogP contribution in [0.3, 0.4) is 0 Å². The summed E-state index contributed by atoms with van der Waals surface area (Å²) in [5, 5.41) is 8.28. The van der Waals surface area contributed by atoms with Gasteiger partial charge in [-0.3, -0.25) is 4.79 Å². The molecule has 0 radical (unpaired) electrons. The average molecular weight is 333 g/mol. The van der Waals surface area contributed by atoms with Gasteiger partial charge in [0.1, 0.15) is 5.75 Å². The van der Waals surface area contributed by atoms with Gasteiger partial charge in [0, 0.05) is 13.1 Å². The highest BCUT2D eigenvalue weighted by Crippen LogP contribution is 2.19. The van der Waals surface area contributed by atoms with Crippen LogP contribution in [-0.4, -0.2) is 39.8 Å². The van der Waals surface area contributed by atoms with Crippen LogP contribution in [0.5, 0.6) is 5.75 Å². The van der Waals surface area contributed by atoms with E-state index in [0.717, 1.165) is 31.7 Å². The fraction of sp³-hybridized carbons (Fsp3) is 0.438. The van der Waals surface area contributed by atoms with Crippen LogP contribution in [-0.2, 0) is 11.4 Å². The van der Waals surface area contributed by atoms with Crippen molar-refractivity contribution < 1.29 is 13.9 Å². The van der Waals surface area contributed by atoms with Crippen molar-refractivity contribution in [1.29, 1.82) is 0 Å². The van der Waals surface area contributed by atoms with Gasteiger partial charge in [-0.25, -0.2) is 0 Å². The van der Waals surface area contributed by atoms with Crippen molar-refractivity contribution in [3.05, 3.63) is 36.2 Å². The molecule has 1 aliphatic rings. The lowest BCUT2D eigenvalue weighted by Crippen LogP contribution is -2.36. The molecular weight excluding hydrogens is 314 g/mol. The van der Waals surface area contributed by atoms with Crippen LogP contribution in [0.2, 0.25) is 0 Å². The molecule has 1 aliphatic heterocycles. The molecule has 3 rings (SSSR count). The molecule has 0 saturated carbocycles. The standard InChI is InChI=1S/C16H19N3O3S/c20-15(19-9-5-2-6-10-19)12-23-16-18-17-14(22-16)11-21-13-7-3-1-4-8-13/h1,3-4,7-8H,2,5-6,9-12H2. The van der Waals surface area contributed by atoms with E-state index in [1.165, 1.54) is 18.2 Å². The van der Waals surface area contributed by atoms with E-state index in [9.17, 15) is 4.79 Å². The number of hydrogen-bond acceptors (Lipinski definition) is 6. The smallest absolute Gasteiger partial charge is 0.277 e. The van der Waals surface area contributed by atoms with E-state index in [4.69, 9.17) is 9.15 Å². The van der Waals surface area contributed by atoms with Gasteiger partial charge in [0.05, 0.1) is 5.75 Å². The Morgan fingerprint density at radius 1 is 1.17 bits per heavy atom. The van der Waals surface area contributed by atoms with Gasteiger partial charge >= 0.3 is 0 Å². The molecule has 1 aromatic carbocycles. The molecule has 1 fully saturated rings. The number of likely N-dealkylation sites (tertiary alicyclic amines) is 1. The molecule has 2 heterocycles. The minimum absolute atomic E-state index is 0.134. The minimum atomic E-state index is 0.134. The number of benzene rings is 1. The van der Waals surface area contributed by atoms with E-state index in [1.807, 2.05) is 35.2 Å². The van der Waals surface area contributed by atoms with Crippen LogP contribution < -0.4 is 4.74 Å². The van der Waals surface area contributed by atoms with Gasteiger partial charge in [-0.05, 0) is 31.4 Å². The van der Waals surface area contributed by atoms with Crippen LogP contribution in [0.4, 0.5) is 0 Å². The van der Waals surface area contributed by atoms with E-state index in [1.54, 1.807) is 0 Å². The molecule has 1 amide bonds. The number of para-hydroxylation sites is 1. The highest BCUT2D eigenvalue weighted by molar-refractivity contribution is 7.99. The fourth-order valence-electron chi connectivity index (χ4n) is 2.37. The number of nitrogens with zero attached hydrogens (tertiary/aromatic N) is 3. The number of piperidine rings is 1. The first kappa shape index (κ1) is 15.9. The molecule has 0 unspecified atom stereocenters. The zero-order chi connectivity index (χ0) is 15.9. The number of ether oxygens (including phenoxy) is 1. The number of aromatic nitrogens is 2. The summed E-state index contributed by atoms with van der Waals surface area (Å²) in [6.45, 7) is 1.94. The molecule has 0 spiro atoms. The Bertz CT molecular complexity index is 627. The summed E-state index contributed by atoms with van der Waals surface area (Å²) in [4.78, 5) is 14.0. The first-order valence-corrected chi connectivity index (χ1v) is 8.70. The molecule has 0 atom stereocenters. The van der Waals surface area contributed by atoms with E-state index in [0.29, 0.717) is 16.9 Å². The summed E-state index contributed by atoms with van der Waals surface area (Å²) in [7, 11) is 0. The van der Waals surface area contributed by atoms with Crippen molar-refractivity contribution in [2.24, 2.45) is 0 Å². The second kappa shape index (κ2) is 8.01. The van der Waals surface area contributed by atoms with Gasteiger partial charge in [0.15, 0.2) is 6.61 Å². The second-order valence-corrected chi connectivity index (χ2v) is 6.22. The van der Waals surface area contributed by atoms with Gasteiger partial charge in [-0.1, -0.05) is 30.0 Å². The molecule has 122 valence electrons. The Morgan fingerprint density at radius 3 is 2.74 bits per heavy atom. The molecule has 2 aromatic rings. The third-order valence-electron chi connectivity index (χ3n) is 3.58. The maximum Gasteiger partial charge on any atom is 0.277 e. The predicted molar refractivity (Wildman–Crippen MR) is 86.2 cm³/mol. The summed E-state index contributed by atoms with van der Waals surface area (Å²) < 4.78 is 11.0. The van der Waals surface area contributed by atoms with E-state index in [2.05, 4.69) is 10.2 Å². The van der Waals surface area contributed by atoms with E-state index < -0.39 is 0 Å². The highest BCUT2D eigenvalue weighted by atomic mass is 32.2. The van der Waals surface area contributed by atoms with Gasteiger partial charge in [-0.2, -0.15) is 0 Å². The molecule has 23 heavy (non-hydrogen) atoms. The minimum Gasteiger partial charge on any atom is -0.484 e. The number of carbonyl (C=O) groups is 1. The summed E-state index contributed by atoms with van der Waals surface area (Å²) in [6, 6.07) is 9.45. The lowest BCUT2D eigenvalue weighted by molar-refractivity contribution is -0.129. The first-order chi connectivity index (χ1) is 11.3. The Kier molecular flexibility index (Phi) is 5.52.